The molecule has 0 radical (unpaired) electrons. The molecular formula is C8H9Cl3O3. The number of carbonyl (C=O) groups excluding carboxylic acids is 2. The summed E-state index contributed by atoms with van der Waals surface area (Å²) in [7, 11) is 1.17. The topological polar surface area (TPSA) is 43.4 Å². The average Bonchev–Trinajstić information content (AvgIpc) is 2.12. The molecule has 0 bridgehead atoms. The van der Waals surface area contributed by atoms with Crippen LogP contribution in [0.5, 0.6) is 0 Å². The second-order valence-electron chi connectivity index (χ2n) is 3.18. The van der Waals surface area contributed by atoms with Gasteiger partial charge in [-0.3, -0.25) is 4.79 Å². The molecule has 0 unspecified atom stereocenters. The highest BCUT2D eigenvalue weighted by Crippen LogP contribution is 2.43. The van der Waals surface area contributed by atoms with Crippen LogP contribution in [0.3, 0.4) is 0 Å². The lowest BCUT2D eigenvalue weighted by atomic mass is 9.86. The third-order valence-electron chi connectivity index (χ3n) is 2.21. The molecule has 0 amide bonds. The van der Waals surface area contributed by atoms with Crippen molar-refractivity contribution < 1.29 is 14.3 Å². The van der Waals surface area contributed by atoms with E-state index in [0.29, 0.717) is 12.8 Å². The molecule has 1 atom stereocenters. The van der Waals surface area contributed by atoms with E-state index in [1.165, 1.54) is 7.11 Å². The van der Waals surface area contributed by atoms with Gasteiger partial charge in [0.1, 0.15) is 0 Å². The van der Waals surface area contributed by atoms with E-state index >= 15 is 0 Å². The zero-order valence-corrected chi connectivity index (χ0v) is 9.75. The van der Waals surface area contributed by atoms with E-state index in [0.717, 1.165) is 0 Å². The number of ether oxygens (including phenoxy) is 1. The predicted octanol–water partition coefficient (Wildman–Crippen LogP) is 2.06. The minimum atomic E-state index is -1.71. The summed E-state index contributed by atoms with van der Waals surface area (Å²) in [5, 5.41) is 0. The third kappa shape index (κ3) is 1.86. The molecule has 1 saturated carbocycles. The van der Waals surface area contributed by atoms with Crippen LogP contribution in [0.25, 0.3) is 0 Å². The normalized spacial score (nSPS) is 31.3. The summed E-state index contributed by atoms with van der Waals surface area (Å²) in [6.45, 7) is 0. The fourth-order valence-corrected chi connectivity index (χ4v) is 2.49. The lowest BCUT2D eigenvalue weighted by Crippen LogP contribution is -2.52. The van der Waals surface area contributed by atoms with Gasteiger partial charge in [0.2, 0.25) is 10.7 Å². The van der Waals surface area contributed by atoms with Crippen molar-refractivity contribution >= 4 is 46.6 Å². The number of esters is 1. The minimum absolute atomic E-state index is 0.210. The molecule has 0 aromatic carbocycles. The van der Waals surface area contributed by atoms with E-state index in [9.17, 15) is 9.59 Å². The molecule has 0 aromatic rings. The summed E-state index contributed by atoms with van der Waals surface area (Å²) in [6.07, 6.45) is 1.03. The van der Waals surface area contributed by atoms with Gasteiger partial charge in [0.15, 0.2) is 4.33 Å². The Balaban J connectivity index is 2.99. The highest BCUT2D eigenvalue weighted by atomic mass is 35.5. The van der Waals surface area contributed by atoms with Gasteiger partial charge in [-0.05, 0) is 19.3 Å². The van der Waals surface area contributed by atoms with E-state index in [1.807, 2.05) is 0 Å². The fraction of sp³-hybridized carbons (Fsp3) is 0.750. The van der Waals surface area contributed by atoms with Crippen molar-refractivity contribution in [2.75, 3.05) is 7.11 Å². The van der Waals surface area contributed by atoms with Gasteiger partial charge >= 0.3 is 5.97 Å². The third-order valence-corrected chi connectivity index (χ3v) is 3.45. The van der Waals surface area contributed by atoms with Crippen LogP contribution < -0.4 is 0 Å². The number of halogens is 3. The molecule has 1 rings (SSSR count). The Morgan fingerprint density at radius 3 is 2.43 bits per heavy atom. The van der Waals surface area contributed by atoms with E-state index in [1.54, 1.807) is 0 Å². The van der Waals surface area contributed by atoms with Crippen molar-refractivity contribution in [1.82, 2.24) is 0 Å². The number of hydrogen-bond donors (Lipinski definition) is 0. The summed E-state index contributed by atoms with van der Waals surface area (Å²) >= 11 is 17.3. The van der Waals surface area contributed by atoms with E-state index in [-0.39, 0.29) is 6.42 Å². The predicted molar refractivity (Wildman–Crippen MR) is 53.9 cm³/mol. The Hall–Kier alpha value is 0.01000. The molecule has 0 saturated heterocycles. The van der Waals surface area contributed by atoms with Crippen LogP contribution in [-0.2, 0) is 14.3 Å². The molecule has 0 spiro atoms. The van der Waals surface area contributed by atoms with Crippen LogP contribution in [-0.4, -0.2) is 28.1 Å². The number of alkyl halides is 3. The number of hydrogen-bond acceptors (Lipinski definition) is 3. The first kappa shape index (κ1) is 12.1. The van der Waals surface area contributed by atoms with Crippen LogP contribution in [0.1, 0.15) is 19.3 Å². The Labute approximate surface area is 96.6 Å². The summed E-state index contributed by atoms with van der Waals surface area (Å²) in [4.78, 5) is 21.3. The number of methoxy groups -OCH3 is 1. The number of ketones is 1. The van der Waals surface area contributed by atoms with Crippen molar-refractivity contribution in [2.24, 2.45) is 0 Å². The molecule has 0 aromatic heterocycles. The summed E-state index contributed by atoms with van der Waals surface area (Å²) in [6, 6.07) is 0. The van der Waals surface area contributed by atoms with Gasteiger partial charge < -0.3 is 4.74 Å². The molecule has 0 heterocycles. The van der Waals surface area contributed by atoms with Crippen molar-refractivity contribution in [3.8, 4) is 0 Å². The zero-order chi connectivity index (χ0) is 11.0. The van der Waals surface area contributed by atoms with Gasteiger partial charge in [-0.15, -0.1) is 0 Å². The maximum Gasteiger partial charge on any atom is 0.334 e. The van der Waals surface area contributed by atoms with Crippen LogP contribution >= 0.6 is 34.8 Å². The van der Waals surface area contributed by atoms with Crippen LogP contribution in [0, 0.1) is 0 Å². The lowest BCUT2D eigenvalue weighted by Gasteiger charge is -2.33. The van der Waals surface area contributed by atoms with E-state index < -0.39 is 21.0 Å². The highest BCUT2D eigenvalue weighted by Gasteiger charge is 2.56. The molecule has 14 heavy (non-hydrogen) atoms. The van der Waals surface area contributed by atoms with Gasteiger partial charge in [-0.2, -0.15) is 0 Å². The van der Waals surface area contributed by atoms with Crippen molar-refractivity contribution in [3.63, 3.8) is 0 Å². The molecule has 1 aliphatic carbocycles. The van der Waals surface area contributed by atoms with Gasteiger partial charge in [-0.25, -0.2) is 4.79 Å². The summed E-state index contributed by atoms with van der Waals surface area (Å²) < 4.78 is 2.87. The van der Waals surface area contributed by atoms with Gasteiger partial charge in [0.25, 0.3) is 0 Å². The van der Waals surface area contributed by atoms with E-state index in [4.69, 9.17) is 34.8 Å². The van der Waals surface area contributed by atoms with Crippen molar-refractivity contribution in [2.45, 2.75) is 28.5 Å². The van der Waals surface area contributed by atoms with Crippen molar-refractivity contribution in [1.29, 1.82) is 0 Å². The Bertz CT molecular complexity index is 277. The molecular weight excluding hydrogens is 250 g/mol. The maximum absolute atomic E-state index is 11.7. The maximum atomic E-state index is 11.7. The second-order valence-corrected chi connectivity index (χ2v) is 5.31. The van der Waals surface area contributed by atoms with Crippen LogP contribution in [0.2, 0.25) is 0 Å². The Morgan fingerprint density at radius 2 is 1.93 bits per heavy atom. The Morgan fingerprint density at radius 1 is 1.36 bits per heavy atom. The number of rotatable bonds is 1. The van der Waals surface area contributed by atoms with Gasteiger partial charge in [-0.1, -0.05) is 34.8 Å². The summed E-state index contributed by atoms with van der Waals surface area (Å²) in [5.74, 6) is -1.48. The lowest BCUT2D eigenvalue weighted by molar-refractivity contribution is -0.148. The molecule has 0 aliphatic heterocycles. The van der Waals surface area contributed by atoms with E-state index in [2.05, 4.69) is 4.74 Å². The molecule has 1 fully saturated rings. The Kier molecular flexibility index (Phi) is 3.34. The zero-order valence-electron chi connectivity index (χ0n) is 7.48. The molecule has 6 heteroatoms. The first-order valence-corrected chi connectivity index (χ1v) is 5.18. The average molecular weight is 260 g/mol. The fourth-order valence-electron chi connectivity index (χ4n) is 1.43. The monoisotopic (exact) mass is 258 g/mol. The second kappa shape index (κ2) is 3.87. The first-order chi connectivity index (χ1) is 6.34. The van der Waals surface area contributed by atoms with Crippen LogP contribution in [0.4, 0.5) is 0 Å². The number of carbonyl (C=O) groups is 2. The van der Waals surface area contributed by atoms with Crippen molar-refractivity contribution in [3.05, 3.63) is 0 Å². The molecule has 80 valence electrons. The molecule has 1 aliphatic rings. The van der Waals surface area contributed by atoms with Gasteiger partial charge in [0, 0.05) is 0 Å². The smallest absolute Gasteiger partial charge is 0.334 e. The SMILES string of the molecule is COC(=O)[C@]1(Cl)CCCC(Cl)(Cl)C1=O. The molecule has 0 N–H and O–H groups in total. The summed E-state index contributed by atoms with van der Waals surface area (Å²) in [5.41, 5.74) is 0. The van der Waals surface area contributed by atoms with Crippen LogP contribution in [0.15, 0.2) is 0 Å². The standard InChI is InChI=1S/C8H9Cl3O3/c1-14-6(13)7(9)3-2-4-8(10,11)5(7)12/h2-4H2,1H3/t7-/m0/s1. The van der Waals surface area contributed by atoms with Gasteiger partial charge in [0.05, 0.1) is 7.11 Å². The minimum Gasteiger partial charge on any atom is -0.467 e. The number of Topliss-reactive ketones (excluding diaryl/α,β-unsaturated/α-hetero) is 1. The molecule has 3 nitrogen and oxygen atoms in total. The quantitative estimate of drug-likeness (QED) is 0.411. The largest absolute Gasteiger partial charge is 0.467 e. The first-order valence-electron chi connectivity index (χ1n) is 4.04. The highest BCUT2D eigenvalue weighted by molar-refractivity contribution is 6.64.